The summed E-state index contributed by atoms with van der Waals surface area (Å²) < 4.78 is 28.4. The van der Waals surface area contributed by atoms with Crippen molar-refractivity contribution in [3.63, 3.8) is 0 Å². The number of hydrogen-bond donors (Lipinski definition) is 1. The number of nitrogens with one attached hydrogen (secondary N) is 1. The summed E-state index contributed by atoms with van der Waals surface area (Å²) in [4.78, 5) is 2.25. The van der Waals surface area contributed by atoms with E-state index in [1.807, 2.05) is 6.92 Å². The van der Waals surface area contributed by atoms with Crippen LogP contribution in [0.25, 0.3) is 0 Å². The summed E-state index contributed by atoms with van der Waals surface area (Å²) >= 11 is 0. The van der Waals surface area contributed by atoms with Crippen molar-refractivity contribution in [2.75, 3.05) is 44.3 Å². The zero-order valence-corrected chi connectivity index (χ0v) is 11.9. The first kappa shape index (κ1) is 14.2. The molecule has 2 saturated heterocycles. The first-order chi connectivity index (χ1) is 8.57. The minimum atomic E-state index is -2.79. The van der Waals surface area contributed by atoms with E-state index in [9.17, 15) is 8.42 Å². The Kier molecular flexibility index (Phi) is 5.00. The second kappa shape index (κ2) is 6.32. The molecule has 0 spiro atoms. The summed E-state index contributed by atoms with van der Waals surface area (Å²) in [5.41, 5.74) is 0. The van der Waals surface area contributed by atoms with E-state index in [4.69, 9.17) is 4.74 Å². The molecule has 0 aromatic rings. The van der Waals surface area contributed by atoms with Crippen LogP contribution in [-0.4, -0.2) is 69.8 Å². The van der Waals surface area contributed by atoms with Gasteiger partial charge in [0.2, 0.25) is 0 Å². The molecule has 0 aromatic heterocycles. The molecule has 18 heavy (non-hydrogen) atoms. The Morgan fingerprint density at radius 2 is 2.28 bits per heavy atom. The third kappa shape index (κ3) is 4.19. The van der Waals surface area contributed by atoms with Crippen LogP contribution < -0.4 is 5.32 Å². The van der Waals surface area contributed by atoms with Crippen LogP contribution in [-0.2, 0) is 14.6 Å². The maximum absolute atomic E-state index is 11.5. The van der Waals surface area contributed by atoms with Crippen LogP contribution in [0.2, 0.25) is 0 Å². The van der Waals surface area contributed by atoms with Gasteiger partial charge in [-0.15, -0.1) is 0 Å². The van der Waals surface area contributed by atoms with Crippen LogP contribution in [0, 0.1) is 0 Å². The highest BCUT2D eigenvalue weighted by Gasteiger charge is 2.27. The van der Waals surface area contributed by atoms with Gasteiger partial charge in [0, 0.05) is 38.8 Å². The summed E-state index contributed by atoms with van der Waals surface area (Å²) in [5.74, 6) is 0.613. The Balaban J connectivity index is 1.61. The molecule has 2 heterocycles. The van der Waals surface area contributed by atoms with Gasteiger partial charge in [-0.05, 0) is 19.8 Å². The number of hydrogen-bond acceptors (Lipinski definition) is 5. The second-order valence-corrected chi connectivity index (χ2v) is 7.57. The fourth-order valence-corrected chi connectivity index (χ4v) is 4.28. The zero-order valence-electron chi connectivity index (χ0n) is 11.1. The van der Waals surface area contributed by atoms with E-state index in [1.54, 1.807) is 0 Å². The summed E-state index contributed by atoms with van der Waals surface area (Å²) in [5, 5.41) is 3.40. The van der Waals surface area contributed by atoms with Crippen LogP contribution >= 0.6 is 0 Å². The zero-order chi connectivity index (χ0) is 13.0. The van der Waals surface area contributed by atoms with E-state index in [2.05, 4.69) is 10.2 Å². The fourth-order valence-electron chi connectivity index (χ4n) is 2.66. The molecule has 0 saturated carbocycles. The molecule has 1 N–H and O–H groups in total. The van der Waals surface area contributed by atoms with Crippen LogP contribution in [0.1, 0.15) is 19.8 Å². The molecule has 2 rings (SSSR count). The highest BCUT2D eigenvalue weighted by Crippen LogP contribution is 2.11. The Morgan fingerprint density at radius 1 is 1.44 bits per heavy atom. The molecule has 5 nitrogen and oxygen atoms in total. The quantitative estimate of drug-likeness (QED) is 0.709. The summed E-state index contributed by atoms with van der Waals surface area (Å²) in [7, 11) is -2.79. The van der Waals surface area contributed by atoms with E-state index in [-0.39, 0.29) is 6.04 Å². The highest BCUT2D eigenvalue weighted by atomic mass is 32.2. The van der Waals surface area contributed by atoms with Crippen molar-refractivity contribution in [1.29, 1.82) is 0 Å². The van der Waals surface area contributed by atoms with Gasteiger partial charge in [0.05, 0.1) is 17.6 Å². The van der Waals surface area contributed by atoms with Gasteiger partial charge >= 0.3 is 0 Å². The maximum Gasteiger partial charge on any atom is 0.153 e. The lowest BCUT2D eigenvalue weighted by Crippen LogP contribution is -2.49. The van der Waals surface area contributed by atoms with Crippen molar-refractivity contribution in [3.8, 4) is 0 Å². The Bertz CT molecular complexity index is 352. The van der Waals surface area contributed by atoms with E-state index < -0.39 is 9.84 Å². The summed E-state index contributed by atoms with van der Waals surface area (Å²) in [6, 6.07) is 0.147. The topological polar surface area (TPSA) is 58.6 Å². The molecule has 0 amide bonds. The predicted molar refractivity (Wildman–Crippen MR) is 71.5 cm³/mol. The standard InChI is InChI=1S/C12H24N2O3S/c1-11-10-18(15,16)8-6-14(11)5-4-13-9-12-3-2-7-17-12/h11-13H,2-10H2,1H3. The maximum atomic E-state index is 11.5. The third-order valence-electron chi connectivity index (χ3n) is 3.78. The van der Waals surface area contributed by atoms with Crippen LogP contribution in [0.5, 0.6) is 0 Å². The van der Waals surface area contributed by atoms with Crippen LogP contribution in [0.15, 0.2) is 0 Å². The van der Waals surface area contributed by atoms with Crippen LogP contribution in [0.3, 0.4) is 0 Å². The van der Waals surface area contributed by atoms with Gasteiger partial charge in [0.15, 0.2) is 9.84 Å². The lowest BCUT2D eigenvalue weighted by Gasteiger charge is -2.33. The molecule has 2 fully saturated rings. The first-order valence-corrected chi connectivity index (χ1v) is 8.66. The van der Waals surface area contributed by atoms with Crippen molar-refractivity contribution in [3.05, 3.63) is 0 Å². The average molecular weight is 276 g/mol. The minimum Gasteiger partial charge on any atom is -0.377 e. The summed E-state index contributed by atoms with van der Waals surface area (Å²) in [6.45, 7) is 6.31. The molecule has 2 atom stereocenters. The number of ether oxygens (including phenoxy) is 1. The molecule has 2 unspecified atom stereocenters. The SMILES string of the molecule is CC1CS(=O)(=O)CCN1CCNCC1CCCO1. The molecule has 2 aliphatic heterocycles. The molecule has 106 valence electrons. The van der Waals surface area contributed by atoms with Crippen molar-refractivity contribution >= 4 is 9.84 Å². The largest absolute Gasteiger partial charge is 0.377 e. The van der Waals surface area contributed by atoms with E-state index >= 15 is 0 Å². The molecular weight excluding hydrogens is 252 g/mol. The molecule has 0 aliphatic carbocycles. The van der Waals surface area contributed by atoms with E-state index in [0.717, 1.165) is 32.7 Å². The molecule has 2 aliphatic rings. The number of sulfone groups is 1. The highest BCUT2D eigenvalue weighted by molar-refractivity contribution is 7.91. The predicted octanol–water partition coefficient (Wildman–Crippen LogP) is -0.126. The van der Waals surface area contributed by atoms with Gasteiger partial charge in [-0.25, -0.2) is 8.42 Å². The average Bonchev–Trinajstić information content (AvgIpc) is 2.78. The van der Waals surface area contributed by atoms with Crippen molar-refractivity contribution in [2.45, 2.75) is 31.9 Å². The first-order valence-electron chi connectivity index (χ1n) is 6.83. The summed E-state index contributed by atoms with van der Waals surface area (Å²) in [6.07, 6.45) is 2.71. The Hall–Kier alpha value is -0.170. The van der Waals surface area contributed by atoms with Crippen molar-refractivity contribution in [1.82, 2.24) is 10.2 Å². The third-order valence-corrected chi connectivity index (χ3v) is 5.57. The molecule has 6 heteroatoms. The molecule has 0 radical (unpaired) electrons. The van der Waals surface area contributed by atoms with Gasteiger partial charge in [0.25, 0.3) is 0 Å². The van der Waals surface area contributed by atoms with Gasteiger partial charge in [0.1, 0.15) is 0 Å². The lowest BCUT2D eigenvalue weighted by molar-refractivity contribution is 0.109. The normalized spacial score (nSPS) is 32.7. The smallest absolute Gasteiger partial charge is 0.153 e. The minimum absolute atomic E-state index is 0.147. The van der Waals surface area contributed by atoms with Gasteiger partial charge in [-0.1, -0.05) is 0 Å². The Morgan fingerprint density at radius 3 is 2.94 bits per heavy atom. The second-order valence-electron chi connectivity index (χ2n) is 5.34. The van der Waals surface area contributed by atoms with E-state index in [0.29, 0.717) is 24.2 Å². The molecular formula is C12H24N2O3S. The Labute approximate surface area is 110 Å². The van der Waals surface area contributed by atoms with Crippen LogP contribution in [0.4, 0.5) is 0 Å². The van der Waals surface area contributed by atoms with Gasteiger partial charge in [-0.3, -0.25) is 4.90 Å². The van der Waals surface area contributed by atoms with Crippen molar-refractivity contribution < 1.29 is 13.2 Å². The fraction of sp³-hybridized carbons (Fsp3) is 1.00. The molecule has 0 aromatic carbocycles. The van der Waals surface area contributed by atoms with Crippen molar-refractivity contribution in [2.24, 2.45) is 0 Å². The number of nitrogens with zero attached hydrogens (tertiary/aromatic N) is 1. The monoisotopic (exact) mass is 276 g/mol. The van der Waals surface area contributed by atoms with Gasteiger partial charge < -0.3 is 10.1 Å². The van der Waals surface area contributed by atoms with E-state index in [1.165, 1.54) is 6.42 Å². The lowest BCUT2D eigenvalue weighted by atomic mass is 10.2. The molecule has 0 bridgehead atoms. The van der Waals surface area contributed by atoms with Gasteiger partial charge in [-0.2, -0.15) is 0 Å². The number of rotatable bonds is 5.